The van der Waals surface area contributed by atoms with Gasteiger partial charge in [0.1, 0.15) is 5.82 Å². The summed E-state index contributed by atoms with van der Waals surface area (Å²) in [5.41, 5.74) is 2.84. The average Bonchev–Trinajstić information content (AvgIpc) is 2.79. The van der Waals surface area contributed by atoms with Crippen molar-refractivity contribution in [3.8, 4) is 0 Å². The van der Waals surface area contributed by atoms with Crippen LogP contribution in [0, 0.1) is 18.7 Å². The third-order valence-corrected chi connectivity index (χ3v) is 6.21. The summed E-state index contributed by atoms with van der Waals surface area (Å²) in [6.07, 6.45) is 1.43. The molecule has 2 aliphatic heterocycles. The van der Waals surface area contributed by atoms with Crippen molar-refractivity contribution >= 4 is 17.5 Å². The van der Waals surface area contributed by atoms with E-state index in [1.54, 1.807) is 12.1 Å². The summed E-state index contributed by atoms with van der Waals surface area (Å²) in [4.78, 5) is 31.7. The number of carbonyl (C=O) groups excluding carboxylic acids is 2. The van der Waals surface area contributed by atoms with Crippen LogP contribution < -0.4 is 4.90 Å². The number of benzene rings is 2. The van der Waals surface area contributed by atoms with Gasteiger partial charge in [0.05, 0.1) is 0 Å². The van der Waals surface area contributed by atoms with Crippen LogP contribution in [0.5, 0.6) is 0 Å². The van der Waals surface area contributed by atoms with Crippen LogP contribution in [0.3, 0.4) is 0 Å². The molecule has 0 N–H and O–H groups in total. The van der Waals surface area contributed by atoms with Gasteiger partial charge in [-0.3, -0.25) is 9.59 Å². The van der Waals surface area contributed by atoms with E-state index in [9.17, 15) is 14.0 Å². The molecule has 0 aromatic heterocycles. The Morgan fingerprint density at radius 1 is 0.800 bits per heavy atom. The van der Waals surface area contributed by atoms with Crippen molar-refractivity contribution in [1.82, 2.24) is 9.80 Å². The lowest BCUT2D eigenvalue weighted by atomic mass is 9.94. The molecule has 0 bridgehead atoms. The Morgan fingerprint density at radius 3 is 2.00 bits per heavy atom. The first kappa shape index (κ1) is 20.4. The fourth-order valence-corrected chi connectivity index (χ4v) is 4.30. The second kappa shape index (κ2) is 8.86. The van der Waals surface area contributed by atoms with Gasteiger partial charge in [0.15, 0.2) is 0 Å². The summed E-state index contributed by atoms with van der Waals surface area (Å²) in [5.74, 6) is 0.00852. The van der Waals surface area contributed by atoms with Gasteiger partial charge in [-0.15, -0.1) is 0 Å². The zero-order valence-electron chi connectivity index (χ0n) is 17.4. The predicted molar refractivity (Wildman–Crippen MR) is 115 cm³/mol. The third-order valence-electron chi connectivity index (χ3n) is 6.21. The molecule has 2 fully saturated rings. The van der Waals surface area contributed by atoms with Gasteiger partial charge in [-0.2, -0.15) is 0 Å². The number of hydrogen-bond acceptors (Lipinski definition) is 3. The minimum absolute atomic E-state index is 0.00978. The summed E-state index contributed by atoms with van der Waals surface area (Å²) < 4.78 is 13.1. The van der Waals surface area contributed by atoms with Crippen molar-refractivity contribution in [2.45, 2.75) is 19.8 Å². The van der Waals surface area contributed by atoms with Crippen LogP contribution in [0.25, 0.3) is 0 Å². The third kappa shape index (κ3) is 4.48. The first-order valence-electron chi connectivity index (χ1n) is 10.7. The molecule has 0 atom stereocenters. The van der Waals surface area contributed by atoms with Gasteiger partial charge in [-0.05, 0) is 56.2 Å². The van der Waals surface area contributed by atoms with Gasteiger partial charge in [-0.25, -0.2) is 4.39 Å². The Labute approximate surface area is 177 Å². The van der Waals surface area contributed by atoms with Crippen LogP contribution in [0.1, 0.15) is 28.8 Å². The minimum Gasteiger partial charge on any atom is -0.368 e. The number of likely N-dealkylation sites (tertiary alicyclic amines) is 1. The standard InChI is InChI=1S/C24H28FN3O2/c1-18-2-4-19(5-3-18)23(29)27-12-10-20(11-13-27)24(30)28-16-14-26(15-17-28)22-8-6-21(25)7-9-22/h2-9,20H,10-17H2,1H3. The minimum atomic E-state index is -0.236. The Hall–Kier alpha value is -2.89. The summed E-state index contributed by atoms with van der Waals surface area (Å²) in [6.45, 7) is 6.11. The molecular formula is C24H28FN3O2. The van der Waals surface area contributed by atoms with E-state index in [-0.39, 0.29) is 23.5 Å². The molecule has 2 amide bonds. The Kier molecular flexibility index (Phi) is 6.02. The van der Waals surface area contributed by atoms with Gasteiger partial charge < -0.3 is 14.7 Å². The van der Waals surface area contributed by atoms with E-state index >= 15 is 0 Å². The van der Waals surface area contributed by atoms with Crippen molar-refractivity contribution in [2.24, 2.45) is 5.92 Å². The number of aryl methyl sites for hydroxylation is 1. The molecule has 0 unspecified atom stereocenters. The number of anilines is 1. The topological polar surface area (TPSA) is 43.9 Å². The maximum atomic E-state index is 13.1. The Balaban J connectivity index is 1.27. The SMILES string of the molecule is Cc1ccc(C(=O)N2CCC(C(=O)N3CCN(c4ccc(F)cc4)CC3)CC2)cc1. The Bertz CT molecular complexity index is 882. The molecule has 5 nitrogen and oxygen atoms in total. The highest BCUT2D eigenvalue weighted by atomic mass is 19.1. The van der Waals surface area contributed by atoms with Crippen molar-refractivity contribution < 1.29 is 14.0 Å². The van der Waals surface area contributed by atoms with E-state index in [4.69, 9.17) is 0 Å². The predicted octanol–water partition coefficient (Wildman–Crippen LogP) is 3.34. The van der Waals surface area contributed by atoms with Crippen molar-refractivity contribution in [3.63, 3.8) is 0 Å². The zero-order valence-corrected chi connectivity index (χ0v) is 17.4. The smallest absolute Gasteiger partial charge is 0.253 e. The van der Waals surface area contributed by atoms with E-state index < -0.39 is 0 Å². The van der Waals surface area contributed by atoms with Crippen LogP contribution in [-0.4, -0.2) is 60.9 Å². The second-order valence-electron chi connectivity index (χ2n) is 8.22. The number of rotatable bonds is 3. The van der Waals surface area contributed by atoms with Gasteiger partial charge in [0.25, 0.3) is 5.91 Å². The molecule has 2 aromatic rings. The van der Waals surface area contributed by atoms with Crippen LogP contribution in [-0.2, 0) is 4.79 Å². The van der Waals surface area contributed by atoms with Crippen molar-refractivity contribution in [2.75, 3.05) is 44.2 Å². The zero-order chi connectivity index (χ0) is 21.1. The molecule has 2 aliphatic rings. The fraction of sp³-hybridized carbons (Fsp3) is 0.417. The number of hydrogen-bond donors (Lipinski definition) is 0. The van der Waals surface area contributed by atoms with Gasteiger partial charge in [-0.1, -0.05) is 17.7 Å². The number of halogens is 1. The van der Waals surface area contributed by atoms with Crippen LogP contribution in [0.4, 0.5) is 10.1 Å². The van der Waals surface area contributed by atoms with E-state index in [2.05, 4.69) is 4.90 Å². The second-order valence-corrected chi connectivity index (χ2v) is 8.22. The maximum absolute atomic E-state index is 13.1. The molecular weight excluding hydrogens is 381 g/mol. The lowest BCUT2D eigenvalue weighted by Crippen LogP contribution is -2.52. The summed E-state index contributed by atoms with van der Waals surface area (Å²) in [6, 6.07) is 14.2. The molecule has 0 radical (unpaired) electrons. The molecule has 0 aliphatic carbocycles. The van der Waals surface area contributed by atoms with E-state index in [0.29, 0.717) is 44.6 Å². The largest absolute Gasteiger partial charge is 0.368 e. The number of nitrogens with zero attached hydrogens (tertiary/aromatic N) is 3. The molecule has 2 aromatic carbocycles. The number of carbonyl (C=O) groups is 2. The van der Waals surface area contributed by atoms with E-state index in [1.165, 1.54) is 12.1 Å². The fourth-order valence-electron chi connectivity index (χ4n) is 4.30. The van der Waals surface area contributed by atoms with Crippen LogP contribution in [0.2, 0.25) is 0 Å². The highest BCUT2D eigenvalue weighted by Crippen LogP contribution is 2.23. The molecule has 2 heterocycles. The number of piperazine rings is 1. The highest BCUT2D eigenvalue weighted by Gasteiger charge is 2.32. The summed E-state index contributed by atoms with van der Waals surface area (Å²) in [5, 5.41) is 0. The number of amides is 2. The van der Waals surface area contributed by atoms with Crippen LogP contribution >= 0.6 is 0 Å². The van der Waals surface area contributed by atoms with Gasteiger partial charge in [0, 0.05) is 56.4 Å². The molecule has 0 saturated carbocycles. The summed E-state index contributed by atoms with van der Waals surface area (Å²) >= 11 is 0. The Morgan fingerprint density at radius 2 is 1.40 bits per heavy atom. The van der Waals surface area contributed by atoms with Crippen molar-refractivity contribution in [1.29, 1.82) is 0 Å². The van der Waals surface area contributed by atoms with Gasteiger partial charge >= 0.3 is 0 Å². The maximum Gasteiger partial charge on any atom is 0.253 e. The summed E-state index contributed by atoms with van der Waals surface area (Å²) in [7, 11) is 0. The van der Waals surface area contributed by atoms with Crippen molar-refractivity contribution in [3.05, 3.63) is 65.5 Å². The monoisotopic (exact) mass is 409 g/mol. The first-order chi connectivity index (χ1) is 14.5. The lowest BCUT2D eigenvalue weighted by molar-refractivity contribution is -0.137. The van der Waals surface area contributed by atoms with Gasteiger partial charge in [0.2, 0.25) is 5.91 Å². The average molecular weight is 410 g/mol. The molecule has 30 heavy (non-hydrogen) atoms. The van der Waals surface area contributed by atoms with E-state index in [0.717, 1.165) is 24.3 Å². The molecule has 6 heteroatoms. The number of piperidine rings is 1. The first-order valence-corrected chi connectivity index (χ1v) is 10.7. The molecule has 2 saturated heterocycles. The molecule has 158 valence electrons. The molecule has 0 spiro atoms. The normalized spacial score (nSPS) is 17.9. The van der Waals surface area contributed by atoms with Crippen LogP contribution in [0.15, 0.2) is 48.5 Å². The quantitative estimate of drug-likeness (QED) is 0.781. The molecule has 4 rings (SSSR count). The van der Waals surface area contributed by atoms with E-state index in [1.807, 2.05) is 41.0 Å². The highest BCUT2D eigenvalue weighted by molar-refractivity contribution is 5.94. The lowest BCUT2D eigenvalue weighted by Gasteiger charge is -2.39.